The van der Waals surface area contributed by atoms with Gasteiger partial charge in [0.2, 0.25) is 17.7 Å². The number of benzene rings is 1. The number of aryl methyl sites for hydroxylation is 2. The zero-order valence-electron chi connectivity index (χ0n) is 19.4. The molecule has 8 nitrogen and oxygen atoms in total. The quantitative estimate of drug-likeness (QED) is 0.339. The van der Waals surface area contributed by atoms with Crippen molar-refractivity contribution < 1.29 is 23.9 Å². The highest BCUT2D eigenvalue weighted by atomic mass is 32.1. The molecule has 0 spiro atoms. The van der Waals surface area contributed by atoms with Crippen molar-refractivity contribution in [1.82, 2.24) is 9.88 Å². The third kappa shape index (κ3) is 4.79. The maximum absolute atomic E-state index is 12.5. The summed E-state index contributed by atoms with van der Waals surface area (Å²) in [6, 6.07) is 5.77. The standard InChI is InChI=1S/C25H27N3O5S/c1-15-8-9-19(12-16(15)2)28(17(3)29)25-26-18(14-34-25)13-33-22(30)10-11-27-23(31)20-6-4-5-7-21(20)24(27)32/h4-5,8-9,12,14,20-21H,6-7,10-11,13H2,1-3H3/t20-,21-/m0/s1. The van der Waals surface area contributed by atoms with Gasteiger partial charge < -0.3 is 4.74 Å². The van der Waals surface area contributed by atoms with E-state index in [4.69, 9.17) is 4.74 Å². The van der Waals surface area contributed by atoms with Gasteiger partial charge in [0.05, 0.1) is 29.6 Å². The molecule has 1 saturated heterocycles. The number of amides is 3. The fourth-order valence-corrected chi connectivity index (χ4v) is 5.15. The first-order valence-corrected chi connectivity index (χ1v) is 12.1. The molecule has 2 aromatic rings. The van der Waals surface area contributed by atoms with Gasteiger partial charge in [0, 0.05) is 18.8 Å². The van der Waals surface area contributed by atoms with Crippen molar-refractivity contribution in [3.8, 4) is 0 Å². The van der Waals surface area contributed by atoms with Crippen molar-refractivity contribution in [2.75, 3.05) is 11.4 Å². The molecule has 3 amide bonds. The molecule has 0 unspecified atom stereocenters. The Morgan fingerprint density at radius 1 is 1.12 bits per heavy atom. The van der Waals surface area contributed by atoms with Crippen LogP contribution in [0.3, 0.4) is 0 Å². The van der Waals surface area contributed by atoms with Crippen LogP contribution in [0, 0.1) is 25.7 Å². The molecule has 0 bridgehead atoms. The molecule has 1 aliphatic heterocycles. The van der Waals surface area contributed by atoms with Crippen LogP contribution in [-0.2, 0) is 30.5 Å². The minimum atomic E-state index is -0.513. The minimum Gasteiger partial charge on any atom is -0.459 e. The smallest absolute Gasteiger partial charge is 0.307 e. The Hall–Kier alpha value is -3.33. The normalized spacial score (nSPS) is 19.3. The molecular weight excluding hydrogens is 454 g/mol. The van der Waals surface area contributed by atoms with Crippen LogP contribution in [0.25, 0.3) is 0 Å². The SMILES string of the molecule is CC(=O)N(c1ccc(C)c(C)c1)c1nc(COC(=O)CCN2C(=O)[C@H]3CC=CC[C@@H]3C2=O)cs1. The number of carbonyl (C=O) groups is 4. The number of aromatic nitrogens is 1. The summed E-state index contributed by atoms with van der Waals surface area (Å²) in [6.07, 6.45) is 4.94. The molecule has 0 radical (unpaired) electrons. The molecule has 4 rings (SSSR count). The maximum atomic E-state index is 12.5. The second kappa shape index (κ2) is 9.89. The highest BCUT2D eigenvalue weighted by Crippen LogP contribution is 2.35. The van der Waals surface area contributed by atoms with E-state index < -0.39 is 5.97 Å². The second-order valence-electron chi connectivity index (χ2n) is 8.64. The number of likely N-dealkylation sites (tertiary alicyclic amines) is 1. The summed E-state index contributed by atoms with van der Waals surface area (Å²) in [4.78, 5) is 56.8. The van der Waals surface area contributed by atoms with Gasteiger partial charge in [-0.15, -0.1) is 11.3 Å². The lowest BCUT2D eigenvalue weighted by atomic mass is 9.85. The molecule has 1 aliphatic carbocycles. The minimum absolute atomic E-state index is 0.0245. The summed E-state index contributed by atoms with van der Waals surface area (Å²) in [5, 5.41) is 2.23. The van der Waals surface area contributed by atoms with Gasteiger partial charge in [0.25, 0.3) is 0 Å². The van der Waals surface area contributed by atoms with E-state index in [1.165, 1.54) is 28.1 Å². The van der Waals surface area contributed by atoms with Crippen LogP contribution in [0.4, 0.5) is 10.8 Å². The molecule has 1 aromatic carbocycles. The predicted octanol–water partition coefficient (Wildman–Crippen LogP) is 3.83. The van der Waals surface area contributed by atoms with Crippen LogP contribution in [0.5, 0.6) is 0 Å². The summed E-state index contributed by atoms with van der Waals surface area (Å²) < 4.78 is 5.31. The van der Waals surface area contributed by atoms with E-state index in [0.29, 0.717) is 23.7 Å². The molecule has 178 valence electrons. The van der Waals surface area contributed by atoms with Crippen LogP contribution in [-0.4, -0.2) is 40.1 Å². The number of carbonyl (C=O) groups excluding carboxylic acids is 4. The van der Waals surface area contributed by atoms with Gasteiger partial charge in [-0.2, -0.15) is 0 Å². The number of hydrogen-bond donors (Lipinski definition) is 0. The van der Waals surface area contributed by atoms with E-state index in [0.717, 1.165) is 16.8 Å². The van der Waals surface area contributed by atoms with Crippen LogP contribution >= 0.6 is 11.3 Å². The average molecular weight is 482 g/mol. The van der Waals surface area contributed by atoms with Gasteiger partial charge in [-0.3, -0.25) is 29.0 Å². The summed E-state index contributed by atoms with van der Waals surface area (Å²) in [5.41, 5.74) is 3.45. The number of anilines is 2. The highest BCUT2D eigenvalue weighted by molar-refractivity contribution is 7.14. The number of rotatable bonds is 7. The van der Waals surface area contributed by atoms with Crippen molar-refractivity contribution in [1.29, 1.82) is 0 Å². The molecule has 1 aromatic heterocycles. The number of thiazole rings is 1. The number of esters is 1. The van der Waals surface area contributed by atoms with Crippen LogP contribution in [0.2, 0.25) is 0 Å². The number of hydrogen-bond acceptors (Lipinski definition) is 7. The molecule has 34 heavy (non-hydrogen) atoms. The Balaban J connectivity index is 1.33. The van der Waals surface area contributed by atoms with Gasteiger partial charge >= 0.3 is 5.97 Å². The summed E-state index contributed by atoms with van der Waals surface area (Å²) in [6.45, 7) is 5.44. The molecule has 0 N–H and O–H groups in total. The van der Waals surface area contributed by atoms with Crippen molar-refractivity contribution in [3.05, 3.63) is 52.6 Å². The highest BCUT2D eigenvalue weighted by Gasteiger charge is 2.46. The van der Waals surface area contributed by atoms with E-state index in [9.17, 15) is 19.2 Å². The maximum Gasteiger partial charge on any atom is 0.307 e. The van der Waals surface area contributed by atoms with E-state index in [1.807, 2.05) is 44.2 Å². The lowest BCUT2D eigenvalue weighted by molar-refractivity contribution is -0.147. The lowest BCUT2D eigenvalue weighted by Gasteiger charge is -2.19. The predicted molar refractivity (Wildman–Crippen MR) is 127 cm³/mol. The largest absolute Gasteiger partial charge is 0.459 e. The van der Waals surface area contributed by atoms with E-state index in [2.05, 4.69) is 4.98 Å². The third-order valence-electron chi connectivity index (χ3n) is 6.31. The Labute approximate surface area is 202 Å². The third-order valence-corrected chi connectivity index (χ3v) is 7.19. The fourth-order valence-electron chi connectivity index (χ4n) is 4.28. The van der Waals surface area contributed by atoms with Crippen molar-refractivity contribution >= 4 is 45.8 Å². The van der Waals surface area contributed by atoms with E-state index >= 15 is 0 Å². The molecule has 0 saturated carbocycles. The van der Waals surface area contributed by atoms with Gasteiger partial charge in [-0.05, 0) is 49.9 Å². The van der Waals surface area contributed by atoms with Crippen molar-refractivity contribution in [2.45, 2.75) is 46.6 Å². The topological polar surface area (TPSA) is 96.9 Å². The Kier molecular flexibility index (Phi) is 6.92. The van der Waals surface area contributed by atoms with Crippen LogP contribution in [0.1, 0.15) is 43.0 Å². The zero-order chi connectivity index (χ0) is 24.4. The Morgan fingerprint density at radius 3 is 2.41 bits per heavy atom. The van der Waals surface area contributed by atoms with Gasteiger partial charge in [-0.1, -0.05) is 18.2 Å². The van der Waals surface area contributed by atoms with Gasteiger partial charge in [-0.25, -0.2) is 4.98 Å². The van der Waals surface area contributed by atoms with Gasteiger partial charge in [0.1, 0.15) is 6.61 Å². The Morgan fingerprint density at radius 2 is 1.79 bits per heavy atom. The average Bonchev–Trinajstić information content (AvgIpc) is 3.36. The first kappa shape index (κ1) is 23.8. The zero-order valence-corrected chi connectivity index (χ0v) is 20.3. The monoisotopic (exact) mass is 481 g/mol. The molecule has 2 atom stereocenters. The molecular formula is C25H27N3O5S. The first-order valence-electron chi connectivity index (χ1n) is 11.2. The number of allylic oxidation sites excluding steroid dienone is 2. The lowest BCUT2D eigenvalue weighted by Crippen LogP contribution is -2.33. The fraction of sp³-hybridized carbons (Fsp3) is 0.400. The molecule has 2 aliphatic rings. The first-order chi connectivity index (χ1) is 16.3. The summed E-state index contributed by atoms with van der Waals surface area (Å²) >= 11 is 1.29. The molecule has 9 heteroatoms. The summed E-state index contributed by atoms with van der Waals surface area (Å²) in [7, 11) is 0. The van der Waals surface area contributed by atoms with Crippen LogP contribution < -0.4 is 4.90 Å². The second-order valence-corrected chi connectivity index (χ2v) is 9.48. The van der Waals surface area contributed by atoms with Crippen molar-refractivity contribution in [3.63, 3.8) is 0 Å². The number of fused-ring (bicyclic) bond motifs is 1. The number of nitrogens with zero attached hydrogens (tertiary/aromatic N) is 3. The van der Waals surface area contributed by atoms with Gasteiger partial charge in [0.15, 0.2) is 5.13 Å². The molecule has 2 heterocycles. The van der Waals surface area contributed by atoms with Crippen LogP contribution in [0.15, 0.2) is 35.7 Å². The number of imide groups is 1. The summed E-state index contributed by atoms with van der Waals surface area (Å²) in [5.74, 6) is -1.69. The van der Waals surface area contributed by atoms with E-state index in [1.54, 1.807) is 5.38 Å². The van der Waals surface area contributed by atoms with Crippen molar-refractivity contribution in [2.24, 2.45) is 11.8 Å². The number of ether oxygens (including phenoxy) is 1. The molecule has 1 fully saturated rings. The Bertz CT molecular complexity index is 1150. The van der Waals surface area contributed by atoms with E-state index in [-0.39, 0.29) is 49.1 Å².